The lowest BCUT2D eigenvalue weighted by atomic mass is 9.46. The minimum Gasteiger partial charge on any atom is -0.391 e. The Balaban J connectivity index is 0.828. The Morgan fingerprint density at radius 3 is 0.407 bits per heavy atom. The molecule has 1 N–H and O–H groups in total. The van der Waals surface area contributed by atoms with E-state index in [9.17, 15) is 45.3 Å². The van der Waals surface area contributed by atoms with E-state index in [2.05, 4.69) is 125 Å². The van der Waals surface area contributed by atoms with Crippen molar-refractivity contribution in [1.29, 1.82) is 0 Å². The lowest BCUT2D eigenvalue weighted by molar-refractivity contribution is -0.116. The summed E-state index contributed by atoms with van der Waals surface area (Å²) in [5.41, 5.74) is 1.28. The number of rotatable bonds is 18. The van der Waals surface area contributed by atoms with Gasteiger partial charge in [-0.1, -0.05) is 125 Å². The maximum atomic E-state index is 16.3. The fourth-order valence-electron chi connectivity index (χ4n) is 36.5. The molecule has 0 aromatic carbocycles. The van der Waals surface area contributed by atoms with Crippen molar-refractivity contribution in [3.63, 3.8) is 0 Å². The van der Waals surface area contributed by atoms with Gasteiger partial charge in [0.25, 0.3) is 0 Å². The Hall–Kier alpha value is 1.39. The number of hydrogen-bond donors (Lipinski definition) is 1. The van der Waals surface area contributed by atoms with Crippen LogP contribution in [0.25, 0.3) is 0 Å². The molecular weight excluding hydrogens is 1560 g/mol. The van der Waals surface area contributed by atoms with Crippen LogP contribution in [0.4, 0.5) is 0 Å². The molecule has 0 aromatic rings. The highest BCUT2D eigenvalue weighted by Crippen LogP contribution is 2.75. The van der Waals surface area contributed by atoms with E-state index >= 15 is 4.80 Å². The molecule has 33 rings (SSSR count). The topological polar surface area (TPSA) is 140 Å². The zero-order valence-electron chi connectivity index (χ0n) is 73.8. The second-order valence-electron chi connectivity index (χ2n) is 51.6. The van der Waals surface area contributed by atoms with Crippen molar-refractivity contribution in [2.24, 2.45) is 209 Å². The molecule has 0 amide bonds. The third-order valence-electron chi connectivity index (χ3n) is 44.7. The maximum absolute atomic E-state index is 16.3. The minimum absolute atomic E-state index is 0.127. The smallest absolute Gasteiger partial charge is 0.391 e. The zero-order chi connectivity index (χ0) is 78.2. The van der Waals surface area contributed by atoms with E-state index in [4.69, 9.17) is 8.23 Å². The first kappa shape index (κ1) is 79.1. The Morgan fingerprint density at radius 1 is 0.177 bits per heavy atom. The summed E-state index contributed by atoms with van der Waals surface area (Å²) in [4.78, 5) is 16.3. The fourth-order valence-corrected chi connectivity index (χ4v) is 93.6. The molecule has 0 aromatic heterocycles. The standard InChI is InChI=1S/C90H154O14Si9/c1-82(2)64-28-19-55(73(82)37-64)46-105(91)92-106(47-56-20-29-65-38-74(56)83(65,3)4)94-108(49-58-22-31-67-40-76(58)85(67,7)8)98-110(51-60-24-33-69-42-78(60)87(69,11)12)96-107(93-105,48-57-21-30-66-39-75(57)84(66,5)6)97-111(52-61-25-34-70-43-79(61)88(70,13)14)99-109(95-106,50-59-23-32-68-41-77(59)86(68,9)10)101-112(100-108,53-62-26-35-71-44-80(62)89(71,15)16)104-113(102-110,103-111)54-63-27-36-72-45-81(63)90(72,17)18/h55-81,91H,19-54H2,1-18H3. The van der Waals surface area contributed by atoms with E-state index in [1.54, 1.807) is 0 Å². The minimum atomic E-state index is -4.83. The second-order valence-corrected chi connectivity index (χ2v) is 78.3. The van der Waals surface area contributed by atoms with Crippen LogP contribution < -0.4 is 0 Å². The summed E-state index contributed by atoms with van der Waals surface area (Å²) in [5.74, 6) is 12.2. The third kappa shape index (κ3) is 11.5. The van der Waals surface area contributed by atoms with Gasteiger partial charge in [0, 0.05) is 54.4 Å². The molecule has 6 aliphatic heterocycles. The Labute approximate surface area is 693 Å². The van der Waals surface area contributed by atoms with Crippen LogP contribution >= 0.6 is 0 Å². The van der Waals surface area contributed by atoms with Gasteiger partial charge in [-0.25, -0.2) is 0 Å². The first-order valence-corrected chi connectivity index (χ1v) is 66.2. The molecule has 31 atom stereocenters. The predicted molar refractivity (Wildman–Crippen MR) is 454 cm³/mol. The number of fused-ring (bicyclic) bond motifs is 20. The first-order chi connectivity index (χ1) is 52.9. The van der Waals surface area contributed by atoms with Crippen molar-refractivity contribution in [2.75, 3.05) is 0 Å². The van der Waals surface area contributed by atoms with E-state index < -0.39 is 79.2 Å². The maximum Gasteiger partial charge on any atom is 0.483 e. The molecule has 27 aliphatic carbocycles. The molecule has 31 unspecified atom stereocenters. The summed E-state index contributed by atoms with van der Waals surface area (Å²) in [6.45, 7) is 46.7. The third-order valence-corrected chi connectivity index (χ3v) is 86.3. The van der Waals surface area contributed by atoms with E-state index in [1.165, 1.54) is 109 Å². The van der Waals surface area contributed by atoms with E-state index in [1.807, 2.05) is 0 Å². The molecule has 634 valence electrons. The Morgan fingerprint density at radius 2 is 0.292 bits per heavy atom. The van der Waals surface area contributed by atoms with Crippen LogP contribution in [0.3, 0.4) is 0 Å². The molecule has 14 nitrogen and oxygen atoms in total. The summed E-state index contributed by atoms with van der Waals surface area (Å²) in [6, 6.07) is 5.22. The van der Waals surface area contributed by atoms with Crippen molar-refractivity contribution in [3.05, 3.63) is 0 Å². The van der Waals surface area contributed by atoms with Gasteiger partial charge >= 0.3 is 79.2 Å². The predicted octanol–water partition coefficient (Wildman–Crippen LogP) is 22.4. The summed E-state index contributed by atoms with van der Waals surface area (Å²) in [7, 11) is -41.8. The lowest BCUT2D eigenvalue weighted by Gasteiger charge is -2.67. The van der Waals surface area contributed by atoms with Crippen LogP contribution in [-0.4, -0.2) is 84.0 Å². The van der Waals surface area contributed by atoms with Gasteiger partial charge in [0.05, 0.1) is 0 Å². The van der Waals surface area contributed by atoms with Crippen molar-refractivity contribution < 1.29 is 58.3 Å². The molecule has 0 radical (unpaired) electrons. The van der Waals surface area contributed by atoms with Crippen molar-refractivity contribution in [2.45, 2.75) is 352 Å². The summed E-state index contributed by atoms with van der Waals surface area (Å²) >= 11 is 0. The molecule has 6 heterocycles. The molecule has 27 saturated carbocycles. The monoisotopic (exact) mass is 1710 g/mol. The van der Waals surface area contributed by atoms with Gasteiger partial charge < -0.3 is 58.3 Å². The molecule has 33 aliphatic rings. The second kappa shape index (κ2) is 25.0. The highest BCUT2D eigenvalue weighted by Gasteiger charge is 2.86. The van der Waals surface area contributed by atoms with Gasteiger partial charge in [0.2, 0.25) is 0 Å². The summed E-state index contributed by atoms with van der Waals surface area (Å²) < 4.78 is 124. The number of hydrogen-bond acceptors (Lipinski definition) is 14. The van der Waals surface area contributed by atoms with Crippen molar-refractivity contribution >= 4 is 79.2 Å². The molecule has 26 bridgehead atoms. The van der Waals surface area contributed by atoms with Gasteiger partial charge in [-0.05, 0) is 382 Å². The normalized spacial score (nSPS) is 58.7. The average molecular weight is 1710 g/mol. The average Bonchev–Trinajstić information content (AvgIpc) is 0.673. The van der Waals surface area contributed by atoms with Crippen molar-refractivity contribution in [3.8, 4) is 0 Å². The van der Waals surface area contributed by atoms with Gasteiger partial charge in [0.15, 0.2) is 0 Å². The highest BCUT2D eigenvalue weighted by atomic mass is 28.6. The fraction of sp³-hybridized carbons (Fsp3) is 1.00. The Kier molecular flexibility index (Phi) is 17.5. The van der Waals surface area contributed by atoms with Crippen LogP contribution in [0.15, 0.2) is 0 Å². The highest BCUT2D eigenvalue weighted by molar-refractivity contribution is 7.02. The van der Waals surface area contributed by atoms with Crippen LogP contribution in [-0.2, 0) is 53.5 Å². The molecule has 6 saturated heterocycles. The van der Waals surface area contributed by atoms with Crippen LogP contribution in [0, 0.1) is 209 Å². The molecule has 113 heavy (non-hydrogen) atoms. The zero-order valence-corrected chi connectivity index (χ0v) is 82.8. The molecule has 23 heteroatoms. The van der Waals surface area contributed by atoms with E-state index in [0.717, 1.165) is 64.2 Å². The Bertz CT molecular complexity index is 3330. The van der Waals surface area contributed by atoms with Crippen LogP contribution in [0.5, 0.6) is 0 Å². The van der Waals surface area contributed by atoms with Gasteiger partial charge in [0.1, 0.15) is 0 Å². The summed E-state index contributed by atoms with van der Waals surface area (Å²) in [5, 5.41) is 0. The van der Waals surface area contributed by atoms with Crippen LogP contribution in [0.1, 0.15) is 298 Å². The molecule has 33 fully saturated rings. The lowest BCUT2D eigenvalue weighted by Crippen LogP contribution is -2.88. The SMILES string of the molecule is CC1(C)C2CCC(C[Si]3(O)O[Si]4(CC5CCC6CC5C6(C)C)O[Si]5(CC6CCC7CC6C7(C)C)O[Si]6(CC7CCC8CC7C8(C)C)O[Si](CC7CCC8CC7C8(C)C)(O3)O[Si]3(CC7CCC8CC7C8(C)C)O[Si](CC7CCC8CC7C8(C)C)(O4)O[Si](CC4CCC7CC4C7(C)C)(O5)O[Si](CC4CCC5CC4C5(C)C)(O6)O3)C1C2. The van der Waals surface area contributed by atoms with Gasteiger partial charge in [-0.2, -0.15) is 0 Å². The van der Waals surface area contributed by atoms with Gasteiger partial charge in [-0.3, -0.25) is 0 Å². The van der Waals surface area contributed by atoms with Crippen molar-refractivity contribution in [1.82, 2.24) is 0 Å². The first-order valence-electron chi connectivity index (χ1n) is 48.8. The van der Waals surface area contributed by atoms with E-state index in [-0.39, 0.29) is 102 Å². The molecule has 0 spiro atoms. The molecular formula is C90H154O14Si9. The summed E-state index contributed by atoms with van der Waals surface area (Å²) in [6.07, 6.45) is 31.3. The van der Waals surface area contributed by atoms with Crippen LogP contribution in [0.2, 0.25) is 54.4 Å². The van der Waals surface area contributed by atoms with E-state index in [0.29, 0.717) is 161 Å². The largest absolute Gasteiger partial charge is 0.483 e. The quantitative estimate of drug-likeness (QED) is 0.130. The van der Waals surface area contributed by atoms with Gasteiger partial charge in [-0.15, -0.1) is 0 Å².